The van der Waals surface area contributed by atoms with Crippen molar-refractivity contribution in [1.29, 1.82) is 0 Å². The van der Waals surface area contributed by atoms with Gasteiger partial charge in [0, 0.05) is 4.68 Å². The second-order valence-electron chi connectivity index (χ2n) is 1.69. The molecule has 8 heavy (non-hydrogen) atoms. The predicted molar refractivity (Wildman–Crippen MR) is 23.6 cm³/mol. The summed E-state index contributed by atoms with van der Waals surface area (Å²) in [5.41, 5.74) is 0. The molecule has 0 aliphatic rings. The third-order valence-corrected chi connectivity index (χ3v) is 0.980. The van der Waals surface area contributed by atoms with Gasteiger partial charge in [-0.15, -0.1) is 4.52 Å². The Morgan fingerprint density at radius 2 is 2.12 bits per heavy atom. The first-order valence-electron chi connectivity index (χ1n) is 2.40. The SMILES string of the molecule is Cc1o[n+](C)n[n+]1C. The van der Waals surface area contributed by atoms with Gasteiger partial charge in [0.05, 0.1) is 6.92 Å². The summed E-state index contributed by atoms with van der Waals surface area (Å²) in [5, 5.41) is 3.88. The lowest BCUT2D eigenvalue weighted by atomic mass is 10.8. The second kappa shape index (κ2) is 1.54. The van der Waals surface area contributed by atoms with E-state index in [2.05, 4.69) is 5.21 Å². The van der Waals surface area contributed by atoms with E-state index in [1.807, 2.05) is 14.0 Å². The van der Waals surface area contributed by atoms with E-state index in [9.17, 15) is 0 Å². The summed E-state index contributed by atoms with van der Waals surface area (Å²) < 4.78 is 6.65. The number of hydrogen-bond donors (Lipinski definition) is 0. The minimum absolute atomic E-state index is 0.799. The average Bonchev–Trinajstić information content (AvgIpc) is 1.85. The van der Waals surface area contributed by atoms with Gasteiger partial charge >= 0.3 is 11.1 Å². The van der Waals surface area contributed by atoms with Crippen LogP contribution in [0, 0.1) is 6.92 Å². The van der Waals surface area contributed by atoms with Crippen molar-refractivity contribution in [1.82, 2.24) is 5.21 Å². The zero-order valence-corrected chi connectivity index (χ0v) is 5.25. The van der Waals surface area contributed by atoms with Crippen molar-refractivity contribution in [2.45, 2.75) is 6.92 Å². The van der Waals surface area contributed by atoms with Gasteiger partial charge in [0.2, 0.25) is 7.05 Å². The molecular weight excluding hydrogens is 106 g/mol. The standard InChI is InChI=1S/C4H9N3O/c1-4-6(2)5-7(3)8-4/h1-3H3/q+2. The molecule has 0 fully saturated rings. The molecule has 0 atom stereocenters. The summed E-state index contributed by atoms with van der Waals surface area (Å²) in [7, 11) is 3.58. The van der Waals surface area contributed by atoms with Gasteiger partial charge < -0.3 is 0 Å². The largest absolute Gasteiger partial charge is 0.439 e. The van der Waals surface area contributed by atoms with Gasteiger partial charge in [-0.05, 0) is 0 Å². The van der Waals surface area contributed by atoms with E-state index in [0.29, 0.717) is 0 Å². The van der Waals surface area contributed by atoms with E-state index in [-0.39, 0.29) is 0 Å². The summed E-state index contributed by atoms with van der Waals surface area (Å²) in [6, 6.07) is 0. The molecule has 1 aromatic heterocycles. The lowest BCUT2D eigenvalue weighted by Gasteiger charge is -1.59. The van der Waals surface area contributed by atoms with Gasteiger partial charge in [-0.3, -0.25) is 0 Å². The first-order valence-corrected chi connectivity index (χ1v) is 2.40. The molecule has 0 aliphatic carbocycles. The van der Waals surface area contributed by atoms with Crippen molar-refractivity contribution in [2.24, 2.45) is 14.1 Å². The van der Waals surface area contributed by atoms with Crippen LogP contribution < -0.4 is 9.54 Å². The fourth-order valence-corrected chi connectivity index (χ4v) is 0.520. The minimum atomic E-state index is 0.799. The zero-order chi connectivity index (χ0) is 6.15. The van der Waals surface area contributed by atoms with Crippen molar-refractivity contribution < 1.29 is 14.1 Å². The van der Waals surface area contributed by atoms with Crippen LogP contribution in [0.25, 0.3) is 0 Å². The Morgan fingerprint density at radius 1 is 1.50 bits per heavy atom. The van der Waals surface area contributed by atoms with E-state index >= 15 is 0 Å². The van der Waals surface area contributed by atoms with E-state index in [1.165, 1.54) is 4.85 Å². The van der Waals surface area contributed by atoms with Crippen molar-refractivity contribution in [3.05, 3.63) is 5.89 Å². The number of aromatic nitrogens is 3. The van der Waals surface area contributed by atoms with Crippen molar-refractivity contribution >= 4 is 0 Å². The monoisotopic (exact) mass is 115 g/mol. The lowest BCUT2D eigenvalue weighted by Crippen LogP contribution is -2.41. The van der Waals surface area contributed by atoms with Gasteiger partial charge in [-0.25, -0.2) is 0 Å². The molecule has 0 saturated carbocycles. The minimum Gasteiger partial charge on any atom is -0.138 e. The molecule has 1 aromatic rings. The Morgan fingerprint density at radius 3 is 2.25 bits per heavy atom. The molecule has 0 aromatic carbocycles. The average molecular weight is 115 g/mol. The summed E-state index contributed by atoms with van der Waals surface area (Å²) in [6.07, 6.45) is 0. The summed E-state index contributed by atoms with van der Waals surface area (Å²) in [5.74, 6) is 0.799. The highest BCUT2D eigenvalue weighted by Gasteiger charge is 2.15. The fraction of sp³-hybridized carbons (Fsp3) is 0.750. The molecule has 4 nitrogen and oxygen atoms in total. The molecule has 0 amide bonds. The Balaban J connectivity index is 3.14. The molecular formula is C4H9N3O+2. The van der Waals surface area contributed by atoms with E-state index in [4.69, 9.17) is 4.52 Å². The number of hydrogen-bond acceptors (Lipinski definition) is 2. The molecule has 1 heterocycles. The third kappa shape index (κ3) is 0.685. The second-order valence-corrected chi connectivity index (χ2v) is 1.69. The van der Waals surface area contributed by atoms with Gasteiger partial charge in [-0.2, -0.15) is 0 Å². The van der Waals surface area contributed by atoms with Crippen LogP contribution in [0.15, 0.2) is 4.52 Å². The molecule has 0 bridgehead atoms. The summed E-state index contributed by atoms with van der Waals surface area (Å²) in [6.45, 7) is 1.85. The van der Waals surface area contributed by atoms with Crippen LogP contribution in [0.4, 0.5) is 0 Å². The Hall–Kier alpha value is -0.930. The molecule has 0 unspecified atom stereocenters. The number of aryl methyl sites for hydroxylation is 3. The normalized spacial score (nSPS) is 9.88. The summed E-state index contributed by atoms with van der Waals surface area (Å²) in [4.78, 5) is 1.41. The summed E-state index contributed by atoms with van der Waals surface area (Å²) >= 11 is 0. The number of nitrogens with zero attached hydrogens (tertiary/aromatic N) is 3. The molecule has 0 saturated heterocycles. The highest BCUT2D eigenvalue weighted by Crippen LogP contribution is 1.72. The van der Waals surface area contributed by atoms with Crippen molar-refractivity contribution in [2.75, 3.05) is 0 Å². The molecule has 0 radical (unpaired) electrons. The van der Waals surface area contributed by atoms with Crippen LogP contribution >= 0.6 is 0 Å². The maximum absolute atomic E-state index is 4.98. The van der Waals surface area contributed by atoms with Crippen molar-refractivity contribution in [3.63, 3.8) is 0 Å². The maximum atomic E-state index is 4.98. The van der Waals surface area contributed by atoms with Crippen molar-refractivity contribution in [3.8, 4) is 0 Å². The van der Waals surface area contributed by atoms with Gasteiger partial charge in [-0.1, -0.05) is 0 Å². The fourth-order valence-electron chi connectivity index (χ4n) is 0.520. The molecule has 4 heteroatoms. The van der Waals surface area contributed by atoms with Crippen LogP contribution in [-0.4, -0.2) is 5.21 Å². The van der Waals surface area contributed by atoms with E-state index in [0.717, 1.165) is 5.89 Å². The molecule has 0 N–H and O–H groups in total. The quantitative estimate of drug-likeness (QED) is 0.391. The highest BCUT2D eigenvalue weighted by atomic mass is 16.5. The topological polar surface area (TPSA) is 33.8 Å². The van der Waals surface area contributed by atoms with Crippen LogP contribution in [0.5, 0.6) is 0 Å². The first-order chi connectivity index (χ1) is 3.70. The van der Waals surface area contributed by atoms with Gasteiger partial charge in [0.15, 0.2) is 11.9 Å². The van der Waals surface area contributed by atoms with Gasteiger partial charge in [0.1, 0.15) is 0 Å². The zero-order valence-electron chi connectivity index (χ0n) is 5.25. The third-order valence-electron chi connectivity index (χ3n) is 0.980. The van der Waals surface area contributed by atoms with E-state index in [1.54, 1.807) is 11.7 Å². The van der Waals surface area contributed by atoms with Crippen LogP contribution in [0.1, 0.15) is 5.89 Å². The number of rotatable bonds is 0. The molecule has 44 valence electrons. The van der Waals surface area contributed by atoms with E-state index < -0.39 is 0 Å². The first kappa shape index (κ1) is 5.21. The van der Waals surface area contributed by atoms with Gasteiger partial charge in [0.25, 0.3) is 0 Å². The predicted octanol–water partition coefficient (Wildman–Crippen LogP) is -1.37. The maximum Gasteiger partial charge on any atom is 0.439 e. The smallest absolute Gasteiger partial charge is 0.138 e. The highest BCUT2D eigenvalue weighted by molar-refractivity contribution is 4.42. The van der Waals surface area contributed by atoms with Crippen LogP contribution in [0.3, 0.4) is 0 Å². The Bertz CT molecular complexity index is 174. The Labute approximate surface area is 47.3 Å². The lowest BCUT2D eigenvalue weighted by molar-refractivity contribution is -0.944. The molecule has 1 rings (SSSR count). The molecule has 0 aliphatic heterocycles. The van der Waals surface area contributed by atoms with Crippen LogP contribution in [-0.2, 0) is 14.1 Å². The Kier molecular flexibility index (Phi) is 1.00. The van der Waals surface area contributed by atoms with Crippen LogP contribution in [0.2, 0.25) is 0 Å². The molecule has 0 spiro atoms.